The Morgan fingerprint density at radius 2 is 1.44 bits per heavy atom. The van der Waals surface area contributed by atoms with Gasteiger partial charge in [-0.25, -0.2) is 0 Å². The Morgan fingerprint density at radius 3 is 1.95 bits per heavy atom. The van der Waals surface area contributed by atoms with Crippen LogP contribution in [-0.4, -0.2) is 92.9 Å². The topological polar surface area (TPSA) is 163 Å². The van der Waals surface area contributed by atoms with Gasteiger partial charge in [0.1, 0.15) is 30.2 Å². The van der Waals surface area contributed by atoms with Crippen molar-refractivity contribution in [3.05, 3.63) is 0 Å². The van der Waals surface area contributed by atoms with E-state index in [1.165, 1.54) is 0 Å². The third-order valence-electron chi connectivity index (χ3n) is 8.11. The summed E-state index contributed by atoms with van der Waals surface area (Å²) in [5, 5.41) is 50.9. The molecule has 1 rings (SSSR count). The number of carbonyl (C=O) groups is 2. The van der Waals surface area contributed by atoms with Gasteiger partial charge >= 0.3 is 5.97 Å². The number of ketones is 1. The SMILES string of the molecule is CCCC(C)(C)C(=O)CC(O)C[C@H](OC(=O)C[C@@H](O)C[C@H](O[C@@H]1O[C@@H](CO)[C@H](O)[C@H]1O)[C@H](C)CC)[C@H](C)CC. The minimum Gasteiger partial charge on any atom is -0.462 e. The first-order valence-electron chi connectivity index (χ1n) is 14.6. The fraction of sp³-hybridized carbons (Fsp3) is 0.931. The number of rotatable bonds is 19. The third kappa shape index (κ3) is 11.3. The number of hydrogen-bond acceptors (Lipinski definition) is 10. The van der Waals surface area contributed by atoms with Crippen molar-refractivity contribution in [2.45, 2.75) is 149 Å². The molecule has 0 aromatic carbocycles. The van der Waals surface area contributed by atoms with Gasteiger partial charge in [-0.3, -0.25) is 9.59 Å². The highest BCUT2D eigenvalue weighted by Gasteiger charge is 2.44. The lowest BCUT2D eigenvalue weighted by Crippen LogP contribution is -2.39. The Bertz CT molecular complexity index is 729. The van der Waals surface area contributed by atoms with Crippen LogP contribution in [0.1, 0.15) is 99.8 Å². The number of ether oxygens (including phenoxy) is 3. The van der Waals surface area contributed by atoms with E-state index in [1.54, 1.807) is 0 Å². The molecule has 0 aromatic heterocycles. The second-order valence-electron chi connectivity index (χ2n) is 11.9. The second kappa shape index (κ2) is 17.0. The van der Waals surface area contributed by atoms with E-state index in [0.717, 1.165) is 12.8 Å². The Hall–Kier alpha value is -1.14. The van der Waals surface area contributed by atoms with Crippen LogP contribution >= 0.6 is 0 Å². The molecule has 39 heavy (non-hydrogen) atoms. The van der Waals surface area contributed by atoms with Crippen molar-refractivity contribution in [3.8, 4) is 0 Å². The number of esters is 1. The van der Waals surface area contributed by atoms with Crippen LogP contribution in [0.15, 0.2) is 0 Å². The van der Waals surface area contributed by atoms with Crippen LogP contribution in [0, 0.1) is 17.3 Å². The number of aliphatic hydroxyl groups is 5. The van der Waals surface area contributed by atoms with Crippen LogP contribution in [-0.2, 0) is 23.8 Å². The fourth-order valence-corrected chi connectivity index (χ4v) is 4.86. The van der Waals surface area contributed by atoms with Gasteiger partial charge in [0, 0.05) is 24.7 Å². The molecule has 1 heterocycles. The van der Waals surface area contributed by atoms with Crippen molar-refractivity contribution in [1.29, 1.82) is 0 Å². The summed E-state index contributed by atoms with van der Waals surface area (Å²) < 4.78 is 17.0. The largest absolute Gasteiger partial charge is 0.462 e. The van der Waals surface area contributed by atoms with Crippen LogP contribution < -0.4 is 0 Å². The quantitative estimate of drug-likeness (QED) is 0.148. The zero-order valence-corrected chi connectivity index (χ0v) is 24.9. The predicted molar refractivity (Wildman–Crippen MR) is 146 cm³/mol. The minimum absolute atomic E-state index is 0.00500. The predicted octanol–water partition coefficient (Wildman–Crippen LogP) is 2.49. The van der Waals surface area contributed by atoms with E-state index in [2.05, 4.69) is 0 Å². The monoisotopic (exact) mass is 562 g/mol. The second-order valence-corrected chi connectivity index (χ2v) is 11.9. The maximum atomic E-state index is 12.8. The molecule has 0 aromatic rings. The zero-order valence-electron chi connectivity index (χ0n) is 24.9. The van der Waals surface area contributed by atoms with E-state index in [9.17, 15) is 35.1 Å². The summed E-state index contributed by atoms with van der Waals surface area (Å²) in [6, 6.07) is 0. The van der Waals surface area contributed by atoms with E-state index in [1.807, 2.05) is 48.5 Å². The molecular formula is C29H54O10. The molecule has 1 aliphatic heterocycles. The summed E-state index contributed by atoms with van der Waals surface area (Å²) in [6.07, 6.45) is -5.12. The van der Waals surface area contributed by atoms with Crippen LogP contribution in [0.25, 0.3) is 0 Å². The van der Waals surface area contributed by atoms with Gasteiger partial charge in [0.2, 0.25) is 0 Å². The number of carbonyl (C=O) groups excluding carboxylic acids is 2. The summed E-state index contributed by atoms with van der Waals surface area (Å²) in [6.45, 7) is 13.0. The molecule has 0 bridgehead atoms. The molecule has 230 valence electrons. The van der Waals surface area contributed by atoms with Crippen molar-refractivity contribution in [2.75, 3.05) is 6.61 Å². The Morgan fingerprint density at radius 1 is 0.897 bits per heavy atom. The summed E-state index contributed by atoms with van der Waals surface area (Å²) in [4.78, 5) is 25.4. The lowest BCUT2D eigenvalue weighted by molar-refractivity contribution is -0.208. The summed E-state index contributed by atoms with van der Waals surface area (Å²) in [7, 11) is 0. The lowest BCUT2D eigenvalue weighted by Gasteiger charge is -2.30. The molecule has 0 amide bonds. The number of hydrogen-bond donors (Lipinski definition) is 5. The van der Waals surface area contributed by atoms with E-state index in [0.29, 0.717) is 12.8 Å². The Labute approximate surface area is 234 Å². The third-order valence-corrected chi connectivity index (χ3v) is 8.11. The molecule has 1 saturated heterocycles. The zero-order chi connectivity index (χ0) is 29.9. The van der Waals surface area contributed by atoms with Gasteiger partial charge in [-0.05, 0) is 18.3 Å². The highest BCUT2D eigenvalue weighted by molar-refractivity contribution is 5.84. The summed E-state index contributed by atoms with van der Waals surface area (Å²) in [5.74, 6) is -0.753. The van der Waals surface area contributed by atoms with Crippen LogP contribution in [0.3, 0.4) is 0 Å². The van der Waals surface area contributed by atoms with Gasteiger partial charge < -0.3 is 39.7 Å². The molecule has 0 aliphatic carbocycles. The molecule has 0 saturated carbocycles. The molecule has 0 spiro atoms. The van der Waals surface area contributed by atoms with Crippen molar-refractivity contribution >= 4 is 11.8 Å². The fourth-order valence-electron chi connectivity index (χ4n) is 4.86. The van der Waals surface area contributed by atoms with E-state index in [-0.39, 0.29) is 43.3 Å². The molecule has 10 heteroatoms. The summed E-state index contributed by atoms with van der Waals surface area (Å²) in [5.41, 5.74) is -0.521. The normalized spacial score (nSPS) is 26.5. The molecule has 10 atom stereocenters. The van der Waals surface area contributed by atoms with Crippen molar-refractivity contribution in [3.63, 3.8) is 0 Å². The molecular weight excluding hydrogens is 508 g/mol. The highest BCUT2D eigenvalue weighted by Crippen LogP contribution is 2.29. The van der Waals surface area contributed by atoms with Gasteiger partial charge in [-0.2, -0.15) is 0 Å². The Balaban J connectivity index is 2.75. The standard InChI is InChI=1S/C29H54O10/c1-8-11-29(6,7)24(33)14-19(31)12-21(17(4)9-2)37-25(34)15-20(32)13-22(18(5)10-3)38-28-27(36)26(35)23(16-30)39-28/h17-23,26-28,30-32,35-36H,8-16H2,1-7H3/t17-,18-,19?,20+,21+,22+,23+,26+,27-,28-/m1/s1. The van der Waals surface area contributed by atoms with Crippen molar-refractivity contribution in [1.82, 2.24) is 0 Å². The van der Waals surface area contributed by atoms with Gasteiger partial charge in [0.15, 0.2) is 6.29 Å². The van der Waals surface area contributed by atoms with Crippen LogP contribution in [0.4, 0.5) is 0 Å². The number of aliphatic hydroxyl groups excluding tert-OH is 5. The van der Waals surface area contributed by atoms with Crippen molar-refractivity contribution < 1.29 is 49.3 Å². The van der Waals surface area contributed by atoms with Crippen LogP contribution in [0.5, 0.6) is 0 Å². The maximum absolute atomic E-state index is 12.8. The van der Waals surface area contributed by atoms with E-state index >= 15 is 0 Å². The van der Waals surface area contributed by atoms with Gasteiger partial charge in [-0.15, -0.1) is 0 Å². The average molecular weight is 563 g/mol. The first kappa shape index (κ1) is 35.9. The first-order chi connectivity index (χ1) is 18.2. The first-order valence-corrected chi connectivity index (χ1v) is 14.6. The molecule has 5 N–H and O–H groups in total. The van der Waals surface area contributed by atoms with E-state index in [4.69, 9.17) is 14.2 Å². The minimum atomic E-state index is -1.35. The molecule has 1 unspecified atom stereocenters. The highest BCUT2D eigenvalue weighted by atomic mass is 16.7. The number of Topliss-reactive ketones (excluding diaryl/α,β-unsaturated/α-hetero) is 1. The van der Waals surface area contributed by atoms with Gasteiger partial charge in [0.05, 0.1) is 31.3 Å². The maximum Gasteiger partial charge on any atom is 0.308 e. The van der Waals surface area contributed by atoms with Gasteiger partial charge in [-0.1, -0.05) is 67.7 Å². The smallest absolute Gasteiger partial charge is 0.308 e. The van der Waals surface area contributed by atoms with E-state index < -0.39 is 67.0 Å². The van der Waals surface area contributed by atoms with Crippen molar-refractivity contribution in [2.24, 2.45) is 17.3 Å². The van der Waals surface area contributed by atoms with Gasteiger partial charge in [0.25, 0.3) is 0 Å². The Kier molecular flexibility index (Phi) is 15.6. The van der Waals surface area contributed by atoms with Crippen LogP contribution in [0.2, 0.25) is 0 Å². The average Bonchev–Trinajstić information content (AvgIpc) is 3.14. The molecule has 1 fully saturated rings. The molecule has 1 aliphatic rings. The molecule has 0 radical (unpaired) electrons. The lowest BCUT2D eigenvalue weighted by atomic mass is 9.80. The summed E-state index contributed by atoms with van der Waals surface area (Å²) >= 11 is 0. The molecule has 10 nitrogen and oxygen atoms in total.